The van der Waals surface area contributed by atoms with Crippen LogP contribution in [0.5, 0.6) is 0 Å². The predicted molar refractivity (Wildman–Crippen MR) is 120 cm³/mol. The van der Waals surface area contributed by atoms with Gasteiger partial charge in [0.05, 0.1) is 12.6 Å². The number of nitrogens with zero attached hydrogens (tertiary/aromatic N) is 2. The highest BCUT2D eigenvalue weighted by Gasteiger charge is 2.36. The second-order valence-corrected chi connectivity index (χ2v) is 8.47. The lowest BCUT2D eigenvalue weighted by Gasteiger charge is -2.44. The van der Waals surface area contributed by atoms with Gasteiger partial charge < -0.3 is 4.90 Å². The fourth-order valence-corrected chi connectivity index (χ4v) is 4.73. The summed E-state index contributed by atoms with van der Waals surface area (Å²) in [6.07, 6.45) is 14.7. The first-order valence-electron chi connectivity index (χ1n) is 11.4. The van der Waals surface area contributed by atoms with E-state index < -0.39 is 0 Å². The van der Waals surface area contributed by atoms with Crippen LogP contribution in [0, 0.1) is 0 Å². The molecule has 1 amide bonds. The van der Waals surface area contributed by atoms with Crippen LogP contribution in [-0.2, 0) is 11.2 Å². The number of halogens is 1. The average Bonchev–Trinajstić information content (AvgIpc) is 2.69. The molecule has 2 aliphatic heterocycles. The standard InChI is InChI=1S/C24H38N2O.ClH/c1-2-3-4-5-6-7-8-9-10-13-17-25-19-23-22-15-12-11-14-21(22)16-18-26(23)24(27)20-25;/h11-12,14-15,23H,2-10,13,16-20H2,1H3;1H. The molecule has 1 aromatic rings. The van der Waals surface area contributed by atoms with Crippen LogP contribution in [0.3, 0.4) is 0 Å². The third-order valence-corrected chi connectivity index (χ3v) is 6.35. The third kappa shape index (κ3) is 6.49. The molecule has 0 spiro atoms. The van der Waals surface area contributed by atoms with Crippen molar-refractivity contribution >= 4 is 18.3 Å². The predicted octanol–water partition coefficient (Wildman–Crippen LogP) is 5.77. The zero-order valence-electron chi connectivity index (χ0n) is 17.7. The van der Waals surface area contributed by atoms with E-state index in [2.05, 4.69) is 41.0 Å². The van der Waals surface area contributed by atoms with Gasteiger partial charge in [-0.3, -0.25) is 9.69 Å². The Labute approximate surface area is 178 Å². The van der Waals surface area contributed by atoms with Gasteiger partial charge in [-0.1, -0.05) is 89.0 Å². The number of carbonyl (C=O) groups excluding carboxylic acids is 1. The highest BCUT2D eigenvalue weighted by atomic mass is 35.5. The normalized spacial score (nSPS) is 19.1. The molecule has 2 heterocycles. The average molecular weight is 407 g/mol. The van der Waals surface area contributed by atoms with Crippen LogP contribution in [-0.4, -0.2) is 41.9 Å². The SMILES string of the molecule is CCCCCCCCCCCCN1CC(=O)N2CCc3ccccc3C2C1.Cl. The van der Waals surface area contributed by atoms with E-state index in [0.29, 0.717) is 12.5 Å². The molecule has 1 atom stereocenters. The smallest absolute Gasteiger partial charge is 0.237 e. The van der Waals surface area contributed by atoms with Gasteiger partial charge in [0.15, 0.2) is 0 Å². The number of fused-ring (bicyclic) bond motifs is 3. The number of carbonyl (C=O) groups is 1. The van der Waals surface area contributed by atoms with Gasteiger partial charge in [-0.2, -0.15) is 0 Å². The Morgan fingerprint density at radius 2 is 1.57 bits per heavy atom. The van der Waals surface area contributed by atoms with Gasteiger partial charge in [-0.15, -0.1) is 12.4 Å². The third-order valence-electron chi connectivity index (χ3n) is 6.35. The maximum atomic E-state index is 12.6. The quantitative estimate of drug-likeness (QED) is 0.435. The lowest BCUT2D eigenvalue weighted by Crippen LogP contribution is -2.54. The minimum absolute atomic E-state index is 0. The van der Waals surface area contributed by atoms with Crippen molar-refractivity contribution in [2.24, 2.45) is 0 Å². The Hall–Kier alpha value is -1.06. The molecule has 2 aliphatic rings. The Balaban J connectivity index is 0.00000280. The van der Waals surface area contributed by atoms with Gasteiger partial charge in [0.25, 0.3) is 0 Å². The minimum Gasteiger partial charge on any atom is -0.333 e. The number of amides is 1. The Morgan fingerprint density at radius 1 is 0.929 bits per heavy atom. The largest absolute Gasteiger partial charge is 0.333 e. The first-order chi connectivity index (χ1) is 13.3. The van der Waals surface area contributed by atoms with E-state index in [9.17, 15) is 4.79 Å². The first kappa shape index (κ1) is 23.2. The highest BCUT2D eigenvalue weighted by molar-refractivity contribution is 5.85. The summed E-state index contributed by atoms with van der Waals surface area (Å²) >= 11 is 0. The van der Waals surface area contributed by atoms with Gasteiger partial charge in [0, 0.05) is 13.1 Å². The molecule has 3 rings (SSSR count). The monoisotopic (exact) mass is 406 g/mol. The molecule has 0 aromatic heterocycles. The zero-order chi connectivity index (χ0) is 18.9. The maximum Gasteiger partial charge on any atom is 0.237 e. The number of rotatable bonds is 11. The summed E-state index contributed by atoms with van der Waals surface area (Å²) in [4.78, 5) is 17.1. The van der Waals surface area contributed by atoms with Crippen LogP contribution in [0.25, 0.3) is 0 Å². The van der Waals surface area contributed by atoms with E-state index >= 15 is 0 Å². The van der Waals surface area contributed by atoms with Crippen molar-refractivity contribution in [1.29, 1.82) is 0 Å². The molecule has 0 radical (unpaired) electrons. The second kappa shape index (κ2) is 12.5. The molecular weight excluding hydrogens is 368 g/mol. The maximum absolute atomic E-state index is 12.6. The van der Waals surface area contributed by atoms with Crippen LogP contribution in [0.15, 0.2) is 24.3 Å². The van der Waals surface area contributed by atoms with Crippen molar-refractivity contribution in [3.63, 3.8) is 0 Å². The van der Waals surface area contributed by atoms with Crippen molar-refractivity contribution in [2.75, 3.05) is 26.2 Å². The fourth-order valence-electron chi connectivity index (χ4n) is 4.73. The summed E-state index contributed by atoms with van der Waals surface area (Å²) in [6, 6.07) is 8.98. The molecule has 3 nitrogen and oxygen atoms in total. The first-order valence-corrected chi connectivity index (χ1v) is 11.4. The van der Waals surface area contributed by atoms with E-state index in [1.165, 1.54) is 75.3 Å². The van der Waals surface area contributed by atoms with Crippen LogP contribution >= 0.6 is 12.4 Å². The molecule has 1 fully saturated rings. The number of benzene rings is 1. The Kier molecular flexibility index (Phi) is 10.4. The van der Waals surface area contributed by atoms with Crippen molar-refractivity contribution < 1.29 is 4.79 Å². The van der Waals surface area contributed by atoms with E-state index in [1.54, 1.807) is 0 Å². The fraction of sp³-hybridized carbons (Fsp3) is 0.708. The van der Waals surface area contributed by atoms with E-state index in [-0.39, 0.29) is 18.4 Å². The molecule has 0 N–H and O–H groups in total. The molecule has 28 heavy (non-hydrogen) atoms. The number of unbranched alkanes of at least 4 members (excludes halogenated alkanes) is 9. The van der Waals surface area contributed by atoms with Crippen LogP contribution in [0.2, 0.25) is 0 Å². The molecule has 0 saturated carbocycles. The molecule has 1 unspecified atom stereocenters. The molecule has 4 heteroatoms. The summed E-state index contributed by atoms with van der Waals surface area (Å²) in [6.45, 7) is 5.89. The van der Waals surface area contributed by atoms with E-state index in [4.69, 9.17) is 0 Å². The van der Waals surface area contributed by atoms with Gasteiger partial charge in [0.2, 0.25) is 5.91 Å². The minimum atomic E-state index is 0. The van der Waals surface area contributed by atoms with Crippen LogP contribution in [0.1, 0.15) is 88.3 Å². The van der Waals surface area contributed by atoms with Crippen LogP contribution < -0.4 is 0 Å². The molecular formula is C24H39ClN2O. The molecule has 0 bridgehead atoms. The Morgan fingerprint density at radius 3 is 2.29 bits per heavy atom. The Bertz CT molecular complexity index is 592. The summed E-state index contributed by atoms with van der Waals surface area (Å²) in [5.41, 5.74) is 2.82. The molecule has 158 valence electrons. The van der Waals surface area contributed by atoms with Gasteiger partial charge in [-0.05, 0) is 30.5 Å². The van der Waals surface area contributed by atoms with Crippen molar-refractivity contribution in [3.05, 3.63) is 35.4 Å². The highest BCUT2D eigenvalue weighted by Crippen LogP contribution is 2.33. The van der Waals surface area contributed by atoms with Gasteiger partial charge in [-0.25, -0.2) is 0 Å². The molecule has 0 aliphatic carbocycles. The lowest BCUT2D eigenvalue weighted by atomic mass is 9.90. The number of hydrogen-bond acceptors (Lipinski definition) is 2. The van der Waals surface area contributed by atoms with E-state index in [1.807, 2.05) is 0 Å². The second-order valence-electron chi connectivity index (χ2n) is 8.47. The summed E-state index contributed by atoms with van der Waals surface area (Å²) in [5.74, 6) is 0.327. The van der Waals surface area contributed by atoms with Gasteiger partial charge in [0.1, 0.15) is 0 Å². The van der Waals surface area contributed by atoms with Crippen molar-refractivity contribution in [1.82, 2.24) is 9.80 Å². The van der Waals surface area contributed by atoms with Gasteiger partial charge >= 0.3 is 0 Å². The van der Waals surface area contributed by atoms with Crippen molar-refractivity contribution in [2.45, 2.75) is 83.6 Å². The van der Waals surface area contributed by atoms with Crippen molar-refractivity contribution in [3.8, 4) is 0 Å². The summed E-state index contributed by atoms with van der Waals surface area (Å²) < 4.78 is 0. The zero-order valence-corrected chi connectivity index (χ0v) is 18.5. The molecule has 1 aromatic carbocycles. The molecule has 1 saturated heterocycles. The summed E-state index contributed by atoms with van der Waals surface area (Å²) in [7, 11) is 0. The topological polar surface area (TPSA) is 23.6 Å². The number of hydrogen-bond donors (Lipinski definition) is 0. The van der Waals surface area contributed by atoms with Crippen LogP contribution in [0.4, 0.5) is 0 Å². The lowest BCUT2D eigenvalue weighted by molar-refractivity contribution is -0.140. The van der Waals surface area contributed by atoms with E-state index in [0.717, 1.165) is 26.1 Å². The summed E-state index contributed by atoms with van der Waals surface area (Å²) in [5, 5.41) is 0. The number of piperazine rings is 1.